The van der Waals surface area contributed by atoms with Crippen molar-refractivity contribution in [3.63, 3.8) is 0 Å². The average molecular weight is 409 g/mol. The van der Waals surface area contributed by atoms with Crippen molar-refractivity contribution in [2.24, 2.45) is 5.73 Å². The Bertz CT molecular complexity index is 724. The molecule has 0 bridgehead atoms. The maximum absolute atomic E-state index is 6.62. The fraction of sp³-hybridized carbons (Fsp3) is 0.481. The van der Waals surface area contributed by atoms with Gasteiger partial charge in [-0.15, -0.1) is 0 Å². The highest BCUT2D eigenvalue weighted by molar-refractivity contribution is 5.45. The van der Waals surface area contributed by atoms with Crippen molar-refractivity contribution < 1.29 is 4.74 Å². The molecule has 1 saturated heterocycles. The van der Waals surface area contributed by atoms with Crippen LogP contribution in [0.3, 0.4) is 0 Å². The summed E-state index contributed by atoms with van der Waals surface area (Å²) in [6.07, 6.45) is 7.23. The SMILES string of the molecule is C1=CCN(CC2CC3c4ccccc4Cc4ccccc4C3O2)C1.CC.CC.CN. The Morgan fingerprint density at radius 2 is 1.37 bits per heavy atom. The van der Waals surface area contributed by atoms with E-state index in [1.165, 1.54) is 29.3 Å². The summed E-state index contributed by atoms with van der Waals surface area (Å²) >= 11 is 0. The lowest BCUT2D eigenvalue weighted by Crippen LogP contribution is -2.30. The first kappa shape index (κ1) is 24.3. The van der Waals surface area contributed by atoms with Crippen LogP contribution in [-0.2, 0) is 11.2 Å². The molecule has 1 fully saturated rings. The van der Waals surface area contributed by atoms with Gasteiger partial charge in [0, 0.05) is 25.6 Å². The quantitative estimate of drug-likeness (QED) is 0.648. The second-order valence-corrected chi connectivity index (χ2v) is 7.29. The van der Waals surface area contributed by atoms with E-state index in [1.54, 1.807) is 0 Å². The monoisotopic (exact) mass is 408 g/mol. The van der Waals surface area contributed by atoms with Crippen LogP contribution in [0.5, 0.6) is 0 Å². The molecule has 164 valence electrons. The summed E-state index contributed by atoms with van der Waals surface area (Å²) in [5.74, 6) is 0.491. The van der Waals surface area contributed by atoms with E-state index in [9.17, 15) is 0 Å². The standard InChI is InChI=1S/C22H23NO.2C2H6.CH5N/c1-3-9-19-16(7-1)13-17-8-2-4-10-20(17)22-21(19)14-18(24-22)15-23-11-5-6-12-23;3*1-2/h1-10,18,21-22H,11-15H2;2*1-2H3;2H2,1H3. The van der Waals surface area contributed by atoms with Crippen molar-refractivity contribution in [3.05, 3.63) is 82.9 Å². The van der Waals surface area contributed by atoms with E-state index in [4.69, 9.17) is 4.74 Å². The largest absolute Gasteiger partial charge is 0.368 e. The van der Waals surface area contributed by atoms with Crippen LogP contribution in [0.15, 0.2) is 60.7 Å². The summed E-state index contributed by atoms with van der Waals surface area (Å²) in [6, 6.07) is 17.8. The van der Waals surface area contributed by atoms with E-state index >= 15 is 0 Å². The van der Waals surface area contributed by atoms with Crippen molar-refractivity contribution in [3.8, 4) is 0 Å². The highest BCUT2D eigenvalue weighted by atomic mass is 16.5. The molecule has 3 aliphatic rings. The van der Waals surface area contributed by atoms with E-state index in [-0.39, 0.29) is 6.10 Å². The summed E-state index contributed by atoms with van der Waals surface area (Å²) in [4.78, 5) is 2.48. The number of hydrogen-bond donors (Lipinski definition) is 1. The van der Waals surface area contributed by atoms with Crippen molar-refractivity contribution in [2.75, 3.05) is 26.7 Å². The molecule has 2 aliphatic heterocycles. The predicted molar refractivity (Wildman–Crippen MR) is 129 cm³/mol. The molecule has 0 radical (unpaired) electrons. The van der Waals surface area contributed by atoms with Gasteiger partial charge in [-0.25, -0.2) is 0 Å². The van der Waals surface area contributed by atoms with E-state index in [2.05, 4.69) is 71.3 Å². The van der Waals surface area contributed by atoms with Gasteiger partial charge >= 0.3 is 0 Å². The molecule has 2 heterocycles. The Labute approximate surface area is 183 Å². The van der Waals surface area contributed by atoms with Crippen LogP contribution in [0.1, 0.15) is 68.4 Å². The first-order chi connectivity index (χ1) is 14.9. The molecule has 2 N–H and O–H groups in total. The van der Waals surface area contributed by atoms with Crippen molar-refractivity contribution in [1.82, 2.24) is 4.90 Å². The number of rotatable bonds is 2. The molecular formula is C27H40N2O. The highest BCUT2D eigenvalue weighted by Gasteiger charge is 2.40. The third kappa shape index (κ3) is 5.40. The summed E-state index contributed by atoms with van der Waals surface area (Å²) < 4.78 is 6.62. The molecular weight excluding hydrogens is 368 g/mol. The van der Waals surface area contributed by atoms with Gasteiger partial charge in [0.1, 0.15) is 0 Å². The molecule has 0 saturated carbocycles. The minimum Gasteiger partial charge on any atom is -0.368 e. The molecule has 1 aliphatic carbocycles. The third-order valence-electron chi connectivity index (χ3n) is 5.77. The molecule has 3 heteroatoms. The minimum atomic E-state index is 0.213. The zero-order valence-electron chi connectivity index (χ0n) is 19.5. The number of hydrogen-bond acceptors (Lipinski definition) is 3. The Hall–Kier alpha value is -1.94. The first-order valence-electron chi connectivity index (χ1n) is 11.6. The second kappa shape index (κ2) is 12.7. The lowest BCUT2D eigenvalue weighted by atomic mass is 9.87. The van der Waals surface area contributed by atoms with Crippen LogP contribution >= 0.6 is 0 Å². The molecule has 3 nitrogen and oxygen atoms in total. The van der Waals surface area contributed by atoms with E-state index in [0.29, 0.717) is 12.0 Å². The summed E-state index contributed by atoms with van der Waals surface area (Å²) in [7, 11) is 1.50. The molecule has 0 amide bonds. The van der Waals surface area contributed by atoms with Crippen LogP contribution in [0, 0.1) is 0 Å². The normalized spacial score (nSPS) is 23.2. The number of fused-ring (bicyclic) bond motifs is 5. The number of ether oxygens (including phenoxy) is 1. The van der Waals surface area contributed by atoms with Gasteiger partial charge in [0.2, 0.25) is 0 Å². The van der Waals surface area contributed by atoms with Crippen molar-refractivity contribution in [1.29, 1.82) is 0 Å². The number of benzene rings is 2. The molecule has 0 aromatic heterocycles. The fourth-order valence-corrected chi connectivity index (χ4v) is 4.66. The lowest BCUT2D eigenvalue weighted by Gasteiger charge is -2.21. The van der Waals surface area contributed by atoms with Gasteiger partial charge in [-0.1, -0.05) is 88.4 Å². The van der Waals surface area contributed by atoms with Crippen LogP contribution in [0.4, 0.5) is 0 Å². The summed E-state index contributed by atoms with van der Waals surface area (Å²) in [5, 5.41) is 0. The number of nitrogens with two attached hydrogens (primary N) is 1. The van der Waals surface area contributed by atoms with Crippen LogP contribution in [-0.4, -0.2) is 37.7 Å². The predicted octanol–water partition coefficient (Wildman–Crippen LogP) is 5.70. The van der Waals surface area contributed by atoms with E-state index in [1.807, 2.05) is 27.7 Å². The maximum Gasteiger partial charge on any atom is 0.0901 e. The molecule has 30 heavy (non-hydrogen) atoms. The topological polar surface area (TPSA) is 38.5 Å². The second-order valence-electron chi connectivity index (χ2n) is 7.29. The lowest BCUT2D eigenvalue weighted by molar-refractivity contribution is 0.0240. The van der Waals surface area contributed by atoms with Gasteiger partial charge in [0.15, 0.2) is 0 Å². The first-order valence-corrected chi connectivity index (χ1v) is 11.6. The molecule has 3 atom stereocenters. The third-order valence-corrected chi connectivity index (χ3v) is 5.77. The molecule has 0 spiro atoms. The molecule has 2 aromatic rings. The van der Waals surface area contributed by atoms with Gasteiger partial charge in [-0.2, -0.15) is 0 Å². The smallest absolute Gasteiger partial charge is 0.0901 e. The Balaban J connectivity index is 0.000000493. The summed E-state index contributed by atoms with van der Waals surface area (Å²) in [6.45, 7) is 11.2. The zero-order chi connectivity index (χ0) is 21.9. The highest BCUT2D eigenvalue weighted by Crippen LogP contribution is 2.49. The van der Waals surface area contributed by atoms with Crippen LogP contribution < -0.4 is 5.73 Å². The van der Waals surface area contributed by atoms with Crippen LogP contribution in [0.2, 0.25) is 0 Å². The molecule has 2 aromatic carbocycles. The van der Waals surface area contributed by atoms with E-state index in [0.717, 1.165) is 32.5 Å². The maximum atomic E-state index is 6.62. The van der Waals surface area contributed by atoms with Gasteiger partial charge in [-0.3, -0.25) is 4.90 Å². The van der Waals surface area contributed by atoms with Crippen molar-refractivity contribution in [2.45, 2.75) is 58.7 Å². The van der Waals surface area contributed by atoms with Gasteiger partial charge in [-0.05, 0) is 42.1 Å². The Kier molecular flexibility index (Phi) is 10.3. The molecule has 3 unspecified atom stereocenters. The van der Waals surface area contributed by atoms with Gasteiger partial charge in [0.05, 0.1) is 12.2 Å². The van der Waals surface area contributed by atoms with Crippen LogP contribution in [0.25, 0.3) is 0 Å². The van der Waals surface area contributed by atoms with E-state index < -0.39 is 0 Å². The minimum absolute atomic E-state index is 0.213. The number of nitrogens with zero attached hydrogens (tertiary/aromatic N) is 1. The molecule has 5 rings (SSSR count). The fourth-order valence-electron chi connectivity index (χ4n) is 4.66. The Morgan fingerprint density at radius 3 is 2.00 bits per heavy atom. The van der Waals surface area contributed by atoms with Gasteiger partial charge < -0.3 is 10.5 Å². The zero-order valence-corrected chi connectivity index (χ0v) is 19.5. The summed E-state index contributed by atoms with van der Waals surface area (Å²) in [5.41, 5.74) is 10.3. The van der Waals surface area contributed by atoms with Gasteiger partial charge in [0.25, 0.3) is 0 Å². The Morgan fingerprint density at radius 1 is 0.833 bits per heavy atom. The average Bonchev–Trinajstić information content (AvgIpc) is 3.47. The van der Waals surface area contributed by atoms with Crippen molar-refractivity contribution >= 4 is 0 Å².